The summed E-state index contributed by atoms with van der Waals surface area (Å²) in [5, 5.41) is 7.53. The minimum atomic E-state index is -3.07. The van der Waals surface area contributed by atoms with Crippen LogP contribution in [0.15, 0.2) is 164 Å². The van der Waals surface area contributed by atoms with E-state index < -0.39 is 7.14 Å². The van der Waals surface area contributed by atoms with Gasteiger partial charge in [0, 0.05) is 48.8 Å². The molecule has 1 aliphatic rings. The van der Waals surface area contributed by atoms with Gasteiger partial charge in [0.25, 0.3) is 0 Å². The van der Waals surface area contributed by atoms with E-state index in [2.05, 4.69) is 112 Å². The van der Waals surface area contributed by atoms with E-state index in [1.54, 1.807) is 0 Å². The van der Waals surface area contributed by atoms with Gasteiger partial charge in [0.1, 0.15) is 0 Å². The molecule has 9 rings (SSSR count). The molecule has 3 nitrogen and oxygen atoms in total. The zero-order chi connectivity index (χ0) is 30.7. The highest BCUT2D eigenvalue weighted by atomic mass is 31.2. The molecule has 0 N–H and O–H groups in total. The molecule has 8 aromatic rings. The van der Waals surface area contributed by atoms with Gasteiger partial charge < -0.3 is 13.7 Å². The monoisotopic (exact) mass is 610 g/mol. The molecule has 0 atom stereocenters. The lowest BCUT2D eigenvalue weighted by Gasteiger charge is -2.20. The van der Waals surface area contributed by atoms with Crippen LogP contribution >= 0.6 is 7.14 Å². The molecule has 0 spiro atoms. The van der Waals surface area contributed by atoms with Gasteiger partial charge in [-0.05, 0) is 61.4 Å². The van der Waals surface area contributed by atoms with Gasteiger partial charge in [-0.1, -0.05) is 115 Å². The van der Waals surface area contributed by atoms with E-state index in [4.69, 9.17) is 0 Å². The average Bonchev–Trinajstić information content (AvgIpc) is 3.65. The molecule has 0 aliphatic heterocycles. The van der Waals surface area contributed by atoms with Crippen molar-refractivity contribution in [3.8, 4) is 5.69 Å². The van der Waals surface area contributed by atoms with Crippen LogP contribution in [-0.2, 0) is 4.57 Å². The van der Waals surface area contributed by atoms with Crippen LogP contribution in [0.2, 0.25) is 0 Å². The van der Waals surface area contributed by atoms with Crippen molar-refractivity contribution in [3.63, 3.8) is 0 Å². The van der Waals surface area contributed by atoms with Crippen LogP contribution in [0.25, 0.3) is 55.0 Å². The Balaban J connectivity index is 1.30. The molecule has 0 unspecified atom stereocenters. The standard InChI is InChI=1S/C42H31N2OP/c45-46(32-16-6-2-7-17-32,33-18-8-3-9-19-33)34-26-24-31(25-27-34)43-39-23-13-11-21-37(39)41-40(43)29-28-36-35-20-10-12-22-38(35)44(42(36)41)30-14-4-1-5-15-30/h1-4,6-14,16-29H,5,15H2. The predicted molar refractivity (Wildman–Crippen MR) is 196 cm³/mol. The Kier molecular flexibility index (Phi) is 6.23. The van der Waals surface area contributed by atoms with Crippen LogP contribution in [0.3, 0.4) is 0 Å². The van der Waals surface area contributed by atoms with Crippen LogP contribution < -0.4 is 15.9 Å². The van der Waals surface area contributed by atoms with Crippen molar-refractivity contribution in [2.75, 3.05) is 0 Å². The molecule has 0 amide bonds. The fourth-order valence-electron chi connectivity index (χ4n) is 7.40. The number of nitrogens with zero attached hydrogens (tertiary/aromatic N) is 2. The number of benzene rings is 6. The minimum absolute atomic E-state index is 0.828. The van der Waals surface area contributed by atoms with Gasteiger partial charge in [0.15, 0.2) is 7.14 Å². The highest BCUT2D eigenvalue weighted by Gasteiger charge is 2.30. The Morgan fingerprint density at radius 2 is 1.09 bits per heavy atom. The second-order valence-electron chi connectivity index (χ2n) is 12.0. The molecule has 0 radical (unpaired) electrons. The van der Waals surface area contributed by atoms with Crippen LogP contribution in [0, 0.1) is 0 Å². The Hall–Kier alpha value is -5.37. The maximum Gasteiger partial charge on any atom is 0.171 e. The third-order valence-electron chi connectivity index (χ3n) is 9.46. The second-order valence-corrected chi connectivity index (χ2v) is 14.8. The predicted octanol–water partition coefficient (Wildman–Crippen LogP) is 9.72. The molecule has 0 fully saturated rings. The summed E-state index contributed by atoms with van der Waals surface area (Å²) < 4.78 is 19.9. The summed E-state index contributed by atoms with van der Waals surface area (Å²) in [6.07, 6.45) is 8.75. The summed E-state index contributed by atoms with van der Waals surface area (Å²) in [4.78, 5) is 0. The molecular weight excluding hydrogens is 579 g/mol. The van der Waals surface area contributed by atoms with Crippen molar-refractivity contribution in [1.82, 2.24) is 9.13 Å². The lowest BCUT2D eigenvalue weighted by atomic mass is 10.1. The smallest absolute Gasteiger partial charge is 0.171 e. The molecule has 4 heteroatoms. The van der Waals surface area contributed by atoms with Crippen molar-refractivity contribution < 1.29 is 4.57 Å². The van der Waals surface area contributed by atoms with Gasteiger partial charge in [-0.25, -0.2) is 0 Å². The third-order valence-corrected chi connectivity index (χ3v) is 12.5. The van der Waals surface area contributed by atoms with Crippen molar-refractivity contribution in [2.24, 2.45) is 0 Å². The first kappa shape index (κ1) is 27.0. The highest BCUT2D eigenvalue weighted by molar-refractivity contribution is 7.85. The maximum absolute atomic E-state index is 15.0. The largest absolute Gasteiger partial charge is 0.312 e. The summed E-state index contributed by atoms with van der Waals surface area (Å²) >= 11 is 0. The molecular formula is C42H31N2OP. The highest BCUT2D eigenvalue weighted by Crippen LogP contribution is 2.44. The summed E-state index contributed by atoms with van der Waals surface area (Å²) in [6.45, 7) is 0. The molecule has 2 aromatic heterocycles. The quantitative estimate of drug-likeness (QED) is 0.178. The Morgan fingerprint density at radius 1 is 0.500 bits per heavy atom. The molecule has 46 heavy (non-hydrogen) atoms. The SMILES string of the molecule is O=P(c1ccccc1)(c1ccccc1)c1ccc(-n2c3ccccc3c3c4c(ccc32)c2ccccc2n4C2=CC=CCC2)cc1. The Labute approximate surface area is 267 Å². The first-order valence-corrected chi connectivity index (χ1v) is 17.6. The van der Waals surface area contributed by atoms with Crippen LogP contribution in [0.4, 0.5) is 0 Å². The van der Waals surface area contributed by atoms with Gasteiger partial charge in [-0.3, -0.25) is 0 Å². The van der Waals surface area contributed by atoms with Crippen molar-refractivity contribution in [3.05, 3.63) is 164 Å². The van der Waals surface area contributed by atoms with E-state index in [1.807, 2.05) is 60.7 Å². The molecule has 0 saturated heterocycles. The number of allylic oxidation sites excluding steroid dienone is 4. The first-order chi connectivity index (χ1) is 22.7. The van der Waals surface area contributed by atoms with Crippen LogP contribution in [0.5, 0.6) is 0 Å². The maximum atomic E-state index is 15.0. The summed E-state index contributed by atoms with van der Waals surface area (Å²) in [5.74, 6) is 0. The number of aromatic nitrogens is 2. The molecule has 0 bridgehead atoms. The van der Waals surface area contributed by atoms with Gasteiger partial charge in [-0.15, -0.1) is 0 Å². The van der Waals surface area contributed by atoms with Gasteiger partial charge in [0.05, 0.1) is 22.1 Å². The zero-order valence-corrected chi connectivity index (χ0v) is 26.1. The second kappa shape index (κ2) is 10.6. The van der Waals surface area contributed by atoms with Crippen molar-refractivity contribution >= 4 is 72.4 Å². The molecule has 2 heterocycles. The fraction of sp³-hybridized carbons (Fsp3) is 0.0476. The van der Waals surface area contributed by atoms with Crippen LogP contribution in [0.1, 0.15) is 12.8 Å². The number of rotatable bonds is 5. The van der Waals surface area contributed by atoms with Gasteiger partial charge in [-0.2, -0.15) is 0 Å². The van der Waals surface area contributed by atoms with Crippen LogP contribution in [-0.4, -0.2) is 9.13 Å². The summed E-state index contributed by atoms with van der Waals surface area (Å²) in [6, 6.07) is 50.2. The van der Waals surface area contributed by atoms with Crippen molar-refractivity contribution in [1.29, 1.82) is 0 Å². The van der Waals surface area contributed by atoms with E-state index in [1.165, 1.54) is 38.3 Å². The number of fused-ring (bicyclic) bond motifs is 7. The van der Waals surface area contributed by atoms with Gasteiger partial charge in [0.2, 0.25) is 0 Å². The normalized spacial score (nSPS) is 13.6. The topological polar surface area (TPSA) is 26.9 Å². The number of para-hydroxylation sites is 2. The van der Waals surface area contributed by atoms with E-state index in [0.717, 1.165) is 45.5 Å². The van der Waals surface area contributed by atoms with E-state index in [0.29, 0.717) is 0 Å². The lowest BCUT2D eigenvalue weighted by Crippen LogP contribution is -2.24. The lowest BCUT2D eigenvalue weighted by molar-refractivity contribution is 0.592. The summed E-state index contributed by atoms with van der Waals surface area (Å²) in [7, 11) is -3.07. The average molecular weight is 611 g/mol. The fourth-order valence-corrected chi connectivity index (χ4v) is 10.0. The Morgan fingerprint density at radius 3 is 1.74 bits per heavy atom. The molecule has 220 valence electrons. The minimum Gasteiger partial charge on any atom is -0.312 e. The van der Waals surface area contributed by atoms with E-state index >= 15 is 4.57 Å². The van der Waals surface area contributed by atoms with E-state index in [9.17, 15) is 0 Å². The van der Waals surface area contributed by atoms with E-state index in [-0.39, 0.29) is 0 Å². The number of hydrogen-bond acceptors (Lipinski definition) is 1. The Bertz CT molecular complexity index is 2490. The molecule has 1 aliphatic carbocycles. The molecule has 6 aromatic carbocycles. The van der Waals surface area contributed by atoms with Gasteiger partial charge >= 0.3 is 0 Å². The summed E-state index contributed by atoms with van der Waals surface area (Å²) in [5.41, 5.74) is 7.17. The zero-order valence-electron chi connectivity index (χ0n) is 25.3. The first-order valence-electron chi connectivity index (χ1n) is 15.9. The third kappa shape index (κ3) is 3.95. The number of hydrogen-bond donors (Lipinski definition) is 0. The van der Waals surface area contributed by atoms with Crippen molar-refractivity contribution in [2.45, 2.75) is 12.8 Å². The molecule has 0 saturated carbocycles.